The highest BCUT2D eigenvalue weighted by Gasteiger charge is 2.55. The maximum absolute atomic E-state index is 3.81. The quantitative estimate of drug-likeness (QED) is 0.171. The van der Waals surface area contributed by atoms with Gasteiger partial charge in [-0.25, -0.2) is 0 Å². The molecule has 0 atom stereocenters. The van der Waals surface area contributed by atoms with Crippen LogP contribution in [0.25, 0.3) is 89.0 Å². The SMILES string of the molecule is CC(C)(C)c1ccc2c(c1)C1(c3ccccc3-c3ccc(Br)cc31)c1cc(C(C)(C)C)ccc1-2.Cc1ccc(-c2ccccc2N(c2ccc3c(c2)C(C)(C)c2ccccc2-3)c2ccc3c(c2)C2(c4ccccc4-3)c3cc(C(C)(C)C)ccc3-c3ccc(C(C)(C)C)cc32)cc1.Cc1ccc(-c2ccccc2Nc2ccc3c(c2)C(C)(C)c2ccccc2-3)cc1. The van der Waals surface area contributed by atoms with Gasteiger partial charge in [0.2, 0.25) is 0 Å². The molecule has 2 nitrogen and oxygen atoms in total. The van der Waals surface area contributed by atoms with Crippen molar-refractivity contribution in [2.75, 3.05) is 10.2 Å². The fraction of sp³-hybridized carbons (Fsp3) is 0.213. The van der Waals surface area contributed by atoms with Gasteiger partial charge in [0.1, 0.15) is 0 Å². The molecule has 22 rings (SSSR count). The summed E-state index contributed by atoms with van der Waals surface area (Å²) in [6.07, 6.45) is 0. The molecule has 0 unspecified atom stereocenters. The van der Waals surface area contributed by atoms with Crippen molar-refractivity contribution < 1.29 is 0 Å². The van der Waals surface area contributed by atoms with Gasteiger partial charge in [-0.2, -0.15) is 0 Å². The Labute approximate surface area is 750 Å². The van der Waals surface area contributed by atoms with Crippen molar-refractivity contribution in [2.45, 2.75) is 168 Å². The fourth-order valence-corrected chi connectivity index (χ4v) is 22.1. The van der Waals surface area contributed by atoms with Gasteiger partial charge in [0.05, 0.1) is 16.5 Å². The van der Waals surface area contributed by atoms with Gasteiger partial charge in [-0.3, -0.25) is 0 Å². The lowest BCUT2D eigenvalue weighted by Crippen LogP contribution is -2.27. The van der Waals surface area contributed by atoms with Gasteiger partial charge >= 0.3 is 0 Å². The first-order valence-corrected chi connectivity index (χ1v) is 45.7. The van der Waals surface area contributed by atoms with E-state index < -0.39 is 5.41 Å². The van der Waals surface area contributed by atoms with Crippen LogP contribution in [0.4, 0.5) is 28.4 Å². The zero-order chi connectivity index (χ0) is 87.0. The Balaban J connectivity index is 0.000000131. The van der Waals surface area contributed by atoms with Gasteiger partial charge in [0.25, 0.3) is 0 Å². The van der Waals surface area contributed by atoms with E-state index in [4.69, 9.17) is 0 Å². The summed E-state index contributed by atoms with van der Waals surface area (Å²) in [6.45, 7) is 41.6. The third-order valence-corrected chi connectivity index (χ3v) is 29.0. The van der Waals surface area contributed by atoms with E-state index in [0.29, 0.717) is 0 Å². The van der Waals surface area contributed by atoms with E-state index >= 15 is 0 Å². The summed E-state index contributed by atoms with van der Waals surface area (Å²) in [5.41, 5.74) is 50.6. The summed E-state index contributed by atoms with van der Waals surface area (Å²) in [4.78, 5) is 2.54. The van der Waals surface area contributed by atoms with Crippen LogP contribution in [0.2, 0.25) is 0 Å². The van der Waals surface area contributed by atoms with Crippen molar-refractivity contribution in [1.29, 1.82) is 0 Å². The topological polar surface area (TPSA) is 15.3 Å². The number of para-hydroxylation sites is 2. The lowest BCUT2D eigenvalue weighted by molar-refractivity contribution is 0.586. The number of anilines is 5. The lowest BCUT2D eigenvalue weighted by Gasteiger charge is -2.34. The summed E-state index contributed by atoms with van der Waals surface area (Å²) >= 11 is 3.81. The smallest absolute Gasteiger partial charge is 0.0726 e. The van der Waals surface area contributed by atoms with Crippen LogP contribution in [-0.2, 0) is 43.3 Å². The molecular weight excluding hydrogens is 1570 g/mol. The molecule has 6 aliphatic carbocycles. The van der Waals surface area contributed by atoms with E-state index in [1.54, 1.807) is 0 Å². The van der Waals surface area contributed by atoms with E-state index in [-0.39, 0.29) is 37.9 Å². The molecule has 2 spiro atoms. The van der Waals surface area contributed by atoms with Crippen LogP contribution in [0, 0.1) is 13.8 Å². The molecule has 0 aliphatic heterocycles. The molecule has 0 fully saturated rings. The number of aryl methyl sites for hydroxylation is 2. The lowest BCUT2D eigenvalue weighted by atomic mass is 9.68. The monoisotopic (exact) mass is 1680 g/mol. The molecule has 0 radical (unpaired) electrons. The average molecular weight is 1690 g/mol. The Morgan fingerprint density at radius 1 is 0.240 bits per heavy atom. The molecular formula is C122H111BrN2. The molecule has 0 amide bonds. The maximum Gasteiger partial charge on any atom is 0.0726 e. The van der Waals surface area contributed by atoms with Crippen molar-refractivity contribution in [3.63, 3.8) is 0 Å². The first-order valence-electron chi connectivity index (χ1n) is 44.9. The number of hydrogen-bond acceptors (Lipinski definition) is 2. The minimum absolute atomic E-state index is 0.0120. The van der Waals surface area contributed by atoms with Gasteiger partial charge in [-0.1, -0.05) is 417 Å². The molecule has 16 aromatic carbocycles. The minimum Gasteiger partial charge on any atom is -0.355 e. The Morgan fingerprint density at radius 2 is 0.528 bits per heavy atom. The Bertz CT molecular complexity index is 6940. The number of rotatable bonds is 7. The van der Waals surface area contributed by atoms with Crippen LogP contribution in [0.5, 0.6) is 0 Å². The van der Waals surface area contributed by atoms with Gasteiger partial charge in [-0.05, 0) is 263 Å². The molecule has 0 aromatic heterocycles. The Morgan fingerprint density at radius 3 is 0.944 bits per heavy atom. The predicted octanol–water partition coefficient (Wildman–Crippen LogP) is 33.5. The number of hydrogen-bond donors (Lipinski definition) is 1. The molecule has 0 bridgehead atoms. The van der Waals surface area contributed by atoms with Crippen LogP contribution >= 0.6 is 15.9 Å². The zero-order valence-electron chi connectivity index (χ0n) is 75.7. The second-order valence-electron chi connectivity index (χ2n) is 41.1. The number of benzene rings is 16. The Kier molecular flexibility index (Phi) is 19.0. The first kappa shape index (κ1) is 81.0. The van der Waals surface area contributed by atoms with Crippen molar-refractivity contribution >= 4 is 44.4 Å². The summed E-state index contributed by atoms with van der Waals surface area (Å²) in [5.74, 6) is 0. The molecule has 0 heterocycles. The first-order chi connectivity index (χ1) is 59.7. The molecule has 16 aromatic rings. The van der Waals surface area contributed by atoms with Crippen LogP contribution in [-0.4, -0.2) is 0 Å². The van der Waals surface area contributed by atoms with Crippen LogP contribution in [0.1, 0.15) is 211 Å². The minimum atomic E-state index is -0.501. The Hall–Kier alpha value is -12.4. The third-order valence-electron chi connectivity index (χ3n) is 28.5. The summed E-state index contributed by atoms with van der Waals surface area (Å²) in [5, 5.41) is 3.68. The van der Waals surface area contributed by atoms with E-state index in [1.807, 2.05) is 0 Å². The summed E-state index contributed by atoms with van der Waals surface area (Å²) in [6, 6.07) is 129. The zero-order valence-corrected chi connectivity index (χ0v) is 77.2. The van der Waals surface area contributed by atoms with Gasteiger partial charge < -0.3 is 10.2 Å². The number of fused-ring (bicyclic) bond motifs is 26. The van der Waals surface area contributed by atoms with Gasteiger partial charge in [0.15, 0.2) is 0 Å². The van der Waals surface area contributed by atoms with Crippen LogP contribution in [0.15, 0.2) is 344 Å². The van der Waals surface area contributed by atoms with Crippen LogP contribution < -0.4 is 10.2 Å². The summed E-state index contributed by atoms with van der Waals surface area (Å²) < 4.78 is 1.13. The molecule has 0 saturated carbocycles. The van der Waals surface area contributed by atoms with Crippen LogP contribution in [0.3, 0.4) is 0 Å². The normalized spacial score (nSPS) is 14.6. The number of nitrogens with zero attached hydrogens (tertiary/aromatic N) is 1. The highest BCUT2D eigenvalue weighted by Crippen LogP contribution is 2.67. The molecule has 125 heavy (non-hydrogen) atoms. The second kappa shape index (κ2) is 29.4. The van der Waals surface area contributed by atoms with E-state index in [1.165, 1.54) is 189 Å². The molecule has 3 heteroatoms. The number of halogens is 1. The van der Waals surface area contributed by atoms with Crippen molar-refractivity contribution in [1.82, 2.24) is 0 Å². The molecule has 616 valence electrons. The highest BCUT2D eigenvalue weighted by atomic mass is 79.9. The van der Waals surface area contributed by atoms with E-state index in [2.05, 4.69) is 490 Å². The largest absolute Gasteiger partial charge is 0.355 e. The average Bonchev–Trinajstić information content (AvgIpc) is 1.51. The third kappa shape index (κ3) is 13.0. The maximum atomic E-state index is 3.81. The van der Waals surface area contributed by atoms with Gasteiger partial charge in [0, 0.05) is 49.2 Å². The predicted molar refractivity (Wildman–Crippen MR) is 534 cm³/mol. The number of nitrogens with one attached hydrogen (secondary N) is 1. The van der Waals surface area contributed by atoms with Gasteiger partial charge in [-0.15, -0.1) is 0 Å². The summed E-state index contributed by atoms with van der Waals surface area (Å²) in [7, 11) is 0. The molecule has 6 aliphatic rings. The second-order valence-corrected chi connectivity index (χ2v) is 42.1. The molecule has 0 saturated heterocycles. The standard InChI is InChI=1S/C61H55N.C33H31Br.C28H25N/c1-38-22-24-39(25-23-38)44-16-12-15-21-57(44)62(42-28-32-47-45-17-10-13-19-51(45)60(8,9)53(47)36-42)43-29-33-50-46-18-11-14-20-52(46)61(56(50)37-43)54-34-40(58(2,3)4)26-30-48(54)49-31-27-41(35-55(49)61)59(5,6)7;1-31(2,3)20-11-14-24-25-15-12-21(32(4,5)6)18-29(25)33(28(24)17-20)27-10-8-7-9-23(27)26-16-13-22(34)19-30(26)33;1-19-12-14-20(15-13-19)22-8-5-7-11-27(22)29-21-16-17-24-23-9-4-6-10-25(23)28(2,3)26(24)18-21/h10-37H,1-9H3;7-19H,1-6H3;4-18,29H,1-3H3. The van der Waals surface area contributed by atoms with E-state index in [9.17, 15) is 0 Å². The van der Waals surface area contributed by atoms with Crippen molar-refractivity contribution in [3.05, 3.63) is 444 Å². The van der Waals surface area contributed by atoms with Crippen molar-refractivity contribution in [3.8, 4) is 89.0 Å². The van der Waals surface area contributed by atoms with Crippen molar-refractivity contribution in [2.24, 2.45) is 0 Å². The molecule has 1 N–H and O–H groups in total. The highest BCUT2D eigenvalue weighted by molar-refractivity contribution is 9.10. The fourth-order valence-electron chi connectivity index (χ4n) is 21.8. The van der Waals surface area contributed by atoms with E-state index in [0.717, 1.165) is 32.9 Å².